The number of aromatic nitrogens is 4. The third-order valence-corrected chi connectivity index (χ3v) is 5.17. The molecule has 0 radical (unpaired) electrons. The van der Waals surface area contributed by atoms with Gasteiger partial charge in [0.1, 0.15) is 32.7 Å². The first kappa shape index (κ1) is 19.3. The van der Waals surface area contributed by atoms with Crippen LogP contribution in [0.2, 0.25) is 0 Å². The summed E-state index contributed by atoms with van der Waals surface area (Å²) in [6.45, 7) is 11.2. The first-order chi connectivity index (χ1) is 13.2. The highest BCUT2D eigenvalue weighted by Crippen LogP contribution is 2.27. The second-order valence-corrected chi connectivity index (χ2v) is 6.93. The molecule has 1 fully saturated rings. The fourth-order valence-electron chi connectivity index (χ4n) is 3.56. The molecule has 1 aliphatic rings. The Balaban J connectivity index is 1.55. The lowest BCUT2D eigenvalue weighted by Crippen LogP contribution is -3.27. The van der Waals surface area contributed by atoms with E-state index in [4.69, 9.17) is 9.47 Å². The fraction of sp³-hybridized carbons (Fsp3) is 0.526. The molecule has 0 aliphatic carbocycles. The molecule has 1 aromatic heterocycles. The molecule has 0 atom stereocenters. The van der Waals surface area contributed by atoms with E-state index in [-0.39, 0.29) is 0 Å². The van der Waals surface area contributed by atoms with Crippen LogP contribution in [0.25, 0.3) is 0 Å². The van der Waals surface area contributed by atoms with Crippen molar-refractivity contribution in [3.63, 3.8) is 0 Å². The van der Waals surface area contributed by atoms with Crippen LogP contribution < -0.4 is 19.3 Å². The molecule has 146 valence electrons. The number of aryl methyl sites for hydroxylation is 2. The van der Waals surface area contributed by atoms with Crippen molar-refractivity contribution in [2.75, 3.05) is 46.9 Å². The van der Waals surface area contributed by atoms with E-state index in [9.17, 15) is 0 Å². The molecule has 0 unspecified atom stereocenters. The van der Waals surface area contributed by atoms with E-state index in [1.165, 1.54) is 18.7 Å². The first-order valence-electron chi connectivity index (χ1n) is 9.47. The van der Waals surface area contributed by atoms with Crippen LogP contribution in [0.5, 0.6) is 11.5 Å². The summed E-state index contributed by atoms with van der Waals surface area (Å²) in [7, 11) is 3.30. The van der Waals surface area contributed by atoms with Crippen LogP contribution >= 0.6 is 0 Å². The molecule has 0 bridgehead atoms. The maximum absolute atomic E-state index is 5.38. The third-order valence-electron chi connectivity index (χ3n) is 5.17. The van der Waals surface area contributed by atoms with E-state index in [1.54, 1.807) is 24.0 Å². The minimum atomic E-state index is 0.741. The zero-order valence-corrected chi connectivity index (χ0v) is 16.3. The van der Waals surface area contributed by atoms with E-state index in [2.05, 4.69) is 28.2 Å². The van der Waals surface area contributed by atoms with Gasteiger partial charge in [-0.05, 0) is 40.6 Å². The average Bonchev–Trinajstić information content (AvgIpc) is 3.14. The number of hydrogen-bond acceptors (Lipinski definition) is 5. The molecule has 2 N–H and O–H groups in total. The van der Waals surface area contributed by atoms with Crippen LogP contribution in [0.3, 0.4) is 0 Å². The van der Waals surface area contributed by atoms with Gasteiger partial charge in [-0.15, -0.1) is 5.10 Å². The van der Waals surface area contributed by atoms with E-state index in [0.717, 1.165) is 56.5 Å². The highest BCUT2D eigenvalue weighted by atomic mass is 16.5. The van der Waals surface area contributed by atoms with E-state index in [0.29, 0.717) is 0 Å². The lowest BCUT2D eigenvalue weighted by atomic mass is 10.1. The Bertz CT molecular complexity index is 740. The molecule has 1 saturated heterocycles. The van der Waals surface area contributed by atoms with Crippen molar-refractivity contribution >= 4 is 0 Å². The summed E-state index contributed by atoms with van der Waals surface area (Å²) in [5.41, 5.74) is 1.17. The minimum absolute atomic E-state index is 0.741. The Hall–Kier alpha value is -2.45. The van der Waals surface area contributed by atoms with Crippen molar-refractivity contribution in [3.8, 4) is 11.5 Å². The molecular formula is C19H30N6O2+2. The summed E-state index contributed by atoms with van der Waals surface area (Å²) in [5, 5.41) is 12.3. The molecule has 0 spiro atoms. The largest absolute Gasteiger partial charge is 0.493 e. The Kier molecular flexibility index (Phi) is 6.78. The van der Waals surface area contributed by atoms with Gasteiger partial charge < -0.3 is 19.3 Å². The highest BCUT2D eigenvalue weighted by Gasteiger charge is 2.24. The molecule has 3 rings (SSSR count). The molecule has 27 heavy (non-hydrogen) atoms. The Morgan fingerprint density at radius 2 is 1.85 bits per heavy atom. The number of tetrazole rings is 1. The number of benzene rings is 1. The molecular weight excluding hydrogens is 344 g/mol. The molecule has 8 nitrogen and oxygen atoms in total. The summed E-state index contributed by atoms with van der Waals surface area (Å²) in [5.74, 6) is 2.44. The standard InChI is InChI=1S/C19H28N6O2/c1-4-8-23-10-12-24(13-11-23)15-19-20-21-22-25(19)9-7-16-5-6-17(26-2)18(14-16)27-3/h4-6,14H,1,7-13,15H2,2-3H3/p+2. The SMILES string of the molecule is C=CC[NH+]1CC[NH+](Cc2nnnn2CCc2ccc(OC)c(OC)c2)CC1. The summed E-state index contributed by atoms with van der Waals surface area (Å²) < 4.78 is 12.6. The molecule has 2 heterocycles. The van der Waals surface area contributed by atoms with Crippen LogP contribution in [0, 0.1) is 0 Å². The molecule has 2 aromatic rings. The number of methoxy groups -OCH3 is 2. The minimum Gasteiger partial charge on any atom is -0.493 e. The van der Waals surface area contributed by atoms with Gasteiger partial charge in [0.2, 0.25) is 5.82 Å². The van der Waals surface area contributed by atoms with Gasteiger partial charge in [-0.25, -0.2) is 4.68 Å². The lowest BCUT2D eigenvalue weighted by molar-refractivity contribution is -1.02. The number of rotatable bonds is 9. The van der Waals surface area contributed by atoms with Gasteiger partial charge in [0.15, 0.2) is 11.5 Å². The van der Waals surface area contributed by atoms with Crippen molar-refractivity contribution < 1.29 is 19.3 Å². The Labute approximate surface area is 160 Å². The maximum Gasteiger partial charge on any atom is 0.206 e. The van der Waals surface area contributed by atoms with Gasteiger partial charge in [-0.1, -0.05) is 12.6 Å². The van der Waals surface area contributed by atoms with Gasteiger partial charge >= 0.3 is 0 Å². The van der Waals surface area contributed by atoms with Gasteiger partial charge in [0.05, 0.1) is 20.8 Å². The average molecular weight is 374 g/mol. The monoisotopic (exact) mass is 374 g/mol. The van der Waals surface area contributed by atoms with Gasteiger partial charge in [0, 0.05) is 6.54 Å². The van der Waals surface area contributed by atoms with Crippen molar-refractivity contribution in [1.82, 2.24) is 20.2 Å². The van der Waals surface area contributed by atoms with Crippen molar-refractivity contribution in [1.29, 1.82) is 0 Å². The number of hydrogen-bond donors (Lipinski definition) is 2. The number of nitrogens with zero attached hydrogens (tertiary/aromatic N) is 4. The Morgan fingerprint density at radius 3 is 2.56 bits per heavy atom. The van der Waals surface area contributed by atoms with Gasteiger partial charge in [-0.3, -0.25) is 0 Å². The van der Waals surface area contributed by atoms with Crippen LogP contribution in [0.4, 0.5) is 0 Å². The summed E-state index contributed by atoms with van der Waals surface area (Å²) in [6, 6.07) is 6.00. The van der Waals surface area contributed by atoms with Crippen molar-refractivity contribution in [2.45, 2.75) is 19.5 Å². The van der Waals surface area contributed by atoms with Crippen molar-refractivity contribution in [3.05, 3.63) is 42.2 Å². The number of nitrogens with one attached hydrogen (secondary N) is 2. The van der Waals surface area contributed by atoms with E-state index in [1.807, 2.05) is 22.9 Å². The summed E-state index contributed by atoms with van der Waals surface area (Å²) in [4.78, 5) is 3.16. The third kappa shape index (κ3) is 5.05. The van der Waals surface area contributed by atoms with E-state index < -0.39 is 0 Å². The highest BCUT2D eigenvalue weighted by molar-refractivity contribution is 5.42. The normalized spacial score (nSPS) is 19.6. The second-order valence-electron chi connectivity index (χ2n) is 6.93. The first-order valence-corrected chi connectivity index (χ1v) is 9.47. The number of quaternary nitrogens is 2. The lowest BCUT2D eigenvalue weighted by Gasteiger charge is -2.28. The predicted molar refractivity (Wildman–Crippen MR) is 101 cm³/mol. The topological polar surface area (TPSA) is 70.9 Å². The van der Waals surface area contributed by atoms with Crippen LogP contribution in [0.1, 0.15) is 11.4 Å². The maximum atomic E-state index is 5.38. The summed E-state index contributed by atoms with van der Waals surface area (Å²) >= 11 is 0. The molecule has 1 aromatic carbocycles. The molecule has 0 amide bonds. The number of ether oxygens (including phenoxy) is 2. The smallest absolute Gasteiger partial charge is 0.206 e. The molecule has 1 aliphatic heterocycles. The summed E-state index contributed by atoms with van der Waals surface area (Å²) in [6.07, 6.45) is 2.85. The Morgan fingerprint density at radius 1 is 1.11 bits per heavy atom. The zero-order chi connectivity index (χ0) is 19.1. The van der Waals surface area contributed by atoms with Gasteiger partial charge in [0.25, 0.3) is 0 Å². The van der Waals surface area contributed by atoms with E-state index >= 15 is 0 Å². The van der Waals surface area contributed by atoms with Gasteiger partial charge in [-0.2, -0.15) is 0 Å². The van der Waals surface area contributed by atoms with Crippen LogP contribution in [0.15, 0.2) is 30.9 Å². The second kappa shape index (κ2) is 9.48. The fourth-order valence-corrected chi connectivity index (χ4v) is 3.56. The van der Waals surface area contributed by atoms with Crippen LogP contribution in [-0.4, -0.2) is 67.2 Å². The molecule has 8 heteroatoms. The quantitative estimate of drug-likeness (QED) is 0.518. The number of piperazine rings is 1. The molecule has 0 saturated carbocycles. The van der Waals surface area contributed by atoms with Crippen molar-refractivity contribution in [2.24, 2.45) is 0 Å². The van der Waals surface area contributed by atoms with Crippen LogP contribution in [-0.2, 0) is 19.5 Å². The predicted octanol–water partition coefficient (Wildman–Crippen LogP) is -1.60. The zero-order valence-electron chi connectivity index (χ0n) is 16.3.